The fourth-order valence-corrected chi connectivity index (χ4v) is 2.24. The molecule has 0 bridgehead atoms. The van der Waals surface area contributed by atoms with E-state index in [1.165, 1.54) is 27.5 Å². The summed E-state index contributed by atoms with van der Waals surface area (Å²) in [4.78, 5) is 23.7. The molecule has 9 heteroatoms. The van der Waals surface area contributed by atoms with Gasteiger partial charge in [-0.15, -0.1) is 0 Å². The Morgan fingerprint density at radius 3 is 2.07 bits per heavy atom. The molecule has 2 N–H and O–H groups in total. The van der Waals surface area contributed by atoms with Crippen molar-refractivity contribution in [1.82, 2.24) is 5.43 Å². The lowest BCUT2D eigenvalue weighted by Gasteiger charge is -2.12. The number of anilines is 1. The van der Waals surface area contributed by atoms with Crippen LogP contribution in [-0.4, -0.2) is 39.4 Å². The van der Waals surface area contributed by atoms with Crippen LogP contribution in [0.25, 0.3) is 0 Å². The zero-order chi connectivity index (χ0) is 19.8. The number of halogens is 1. The Morgan fingerprint density at radius 2 is 1.56 bits per heavy atom. The van der Waals surface area contributed by atoms with Gasteiger partial charge in [0.15, 0.2) is 11.5 Å². The Kier molecular flexibility index (Phi) is 7.01. The number of benzene rings is 2. The standard InChI is InChI=1S/C18H18ClN3O5/c1-25-14-8-11(9-15(26-2)16(14)27-3)10-20-22-18(24)17(23)21-13-6-4-12(19)5-7-13/h4-10H,1-3H3,(H,21,23)(H,22,24). The van der Waals surface area contributed by atoms with E-state index in [0.717, 1.165) is 0 Å². The molecule has 0 aliphatic rings. The summed E-state index contributed by atoms with van der Waals surface area (Å²) in [5.74, 6) is -0.480. The average Bonchev–Trinajstić information content (AvgIpc) is 2.68. The quantitative estimate of drug-likeness (QED) is 0.447. The molecule has 2 amide bonds. The SMILES string of the molecule is COc1cc(C=NNC(=O)C(=O)Nc2ccc(Cl)cc2)cc(OC)c1OC. The minimum Gasteiger partial charge on any atom is -0.493 e. The zero-order valence-electron chi connectivity index (χ0n) is 14.9. The van der Waals surface area contributed by atoms with Gasteiger partial charge < -0.3 is 19.5 Å². The van der Waals surface area contributed by atoms with E-state index in [0.29, 0.717) is 33.5 Å². The average molecular weight is 392 g/mol. The predicted octanol–water partition coefficient (Wildman–Crippen LogP) is 2.45. The lowest BCUT2D eigenvalue weighted by Crippen LogP contribution is -2.32. The number of methoxy groups -OCH3 is 3. The summed E-state index contributed by atoms with van der Waals surface area (Å²) < 4.78 is 15.7. The summed E-state index contributed by atoms with van der Waals surface area (Å²) >= 11 is 5.76. The van der Waals surface area contributed by atoms with E-state index >= 15 is 0 Å². The molecular weight excluding hydrogens is 374 g/mol. The maximum absolute atomic E-state index is 11.8. The second kappa shape index (κ2) is 9.44. The summed E-state index contributed by atoms with van der Waals surface area (Å²) in [5, 5.41) is 6.72. The van der Waals surface area contributed by atoms with Gasteiger partial charge in [0.25, 0.3) is 0 Å². The molecule has 0 fully saturated rings. The molecule has 0 heterocycles. The van der Waals surface area contributed by atoms with Crippen molar-refractivity contribution in [2.45, 2.75) is 0 Å². The number of amides is 2. The number of nitrogens with one attached hydrogen (secondary N) is 2. The lowest BCUT2D eigenvalue weighted by atomic mass is 10.2. The maximum atomic E-state index is 11.8. The third-order valence-corrected chi connectivity index (χ3v) is 3.63. The smallest absolute Gasteiger partial charge is 0.329 e. The Hall–Kier alpha value is -3.26. The largest absolute Gasteiger partial charge is 0.493 e. The van der Waals surface area contributed by atoms with Crippen molar-refractivity contribution in [2.75, 3.05) is 26.6 Å². The first kappa shape index (κ1) is 20.1. The van der Waals surface area contributed by atoms with Gasteiger partial charge in [-0.3, -0.25) is 9.59 Å². The monoisotopic (exact) mass is 391 g/mol. The Labute approximate surface area is 161 Å². The van der Waals surface area contributed by atoms with Crippen molar-refractivity contribution in [3.05, 3.63) is 47.0 Å². The normalized spacial score (nSPS) is 10.4. The summed E-state index contributed by atoms with van der Waals surface area (Å²) in [6.45, 7) is 0. The van der Waals surface area contributed by atoms with E-state index in [2.05, 4.69) is 15.8 Å². The van der Waals surface area contributed by atoms with Crippen LogP contribution in [-0.2, 0) is 9.59 Å². The molecule has 8 nitrogen and oxygen atoms in total. The summed E-state index contributed by atoms with van der Waals surface area (Å²) in [5.41, 5.74) is 3.16. The predicted molar refractivity (Wildman–Crippen MR) is 102 cm³/mol. The first-order valence-corrected chi connectivity index (χ1v) is 8.06. The highest BCUT2D eigenvalue weighted by Gasteiger charge is 2.14. The fraction of sp³-hybridized carbons (Fsp3) is 0.167. The van der Waals surface area contributed by atoms with Gasteiger partial charge in [0.1, 0.15) is 0 Å². The van der Waals surface area contributed by atoms with Gasteiger partial charge in [-0.05, 0) is 36.4 Å². The van der Waals surface area contributed by atoms with Gasteiger partial charge in [-0.2, -0.15) is 5.10 Å². The van der Waals surface area contributed by atoms with Gasteiger partial charge in [0, 0.05) is 16.3 Å². The van der Waals surface area contributed by atoms with Gasteiger partial charge in [0.05, 0.1) is 27.5 Å². The number of rotatable bonds is 6. The topological polar surface area (TPSA) is 98.2 Å². The Morgan fingerprint density at radius 1 is 0.963 bits per heavy atom. The number of hydrogen-bond donors (Lipinski definition) is 2. The molecule has 0 atom stereocenters. The molecular formula is C18H18ClN3O5. The lowest BCUT2D eigenvalue weighted by molar-refractivity contribution is -0.136. The molecule has 2 aromatic carbocycles. The van der Waals surface area contributed by atoms with Crippen LogP contribution in [0.2, 0.25) is 5.02 Å². The maximum Gasteiger partial charge on any atom is 0.329 e. The highest BCUT2D eigenvalue weighted by atomic mass is 35.5. The minimum atomic E-state index is -0.923. The summed E-state index contributed by atoms with van der Waals surface area (Å²) in [6, 6.07) is 9.63. The first-order valence-electron chi connectivity index (χ1n) is 7.68. The van der Waals surface area contributed by atoms with E-state index < -0.39 is 11.8 Å². The molecule has 0 radical (unpaired) electrons. The van der Waals surface area contributed by atoms with Gasteiger partial charge in [0.2, 0.25) is 5.75 Å². The fourth-order valence-electron chi connectivity index (χ4n) is 2.11. The minimum absolute atomic E-state index is 0.434. The number of carbonyl (C=O) groups excluding carboxylic acids is 2. The molecule has 0 saturated heterocycles. The van der Waals surface area contributed by atoms with Crippen LogP contribution >= 0.6 is 11.6 Å². The number of carbonyl (C=O) groups is 2. The molecule has 0 unspecified atom stereocenters. The number of nitrogens with zero attached hydrogens (tertiary/aromatic N) is 1. The van der Waals surface area contributed by atoms with Crippen molar-refractivity contribution in [1.29, 1.82) is 0 Å². The molecule has 0 aliphatic heterocycles. The molecule has 0 spiro atoms. The summed E-state index contributed by atoms with van der Waals surface area (Å²) in [7, 11) is 4.47. The second-order valence-corrected chi connectivity index (χ2v) is 5.56. The molecule has 0 saturated carbocycles. The van der Waals surface area contributed by atoms with Crippen LogP contribution in [0.3, 0.4) is 0 Å². The number of ether oxygens (including phenoxy) is 3. The van der Waals surface area contributed by atoms with E-state index in [1.54, 1.807) is 36.4 Å². The van der Waals surface area contributed by atoms with Crippen molar-refractivity contribution >= 4 is 35.3 Å². The van der Waals surface area contributed by atoms with Crippen molar-refractivity contribution in [3.8, 4) is 17.2 Å². The molecule has 27 heavy (non-hydrogen) atoms. The van der Waals surface area contributed by atoms with Gasteiger partial charge in [-0.1, -0.05) is 11.6 Å². The molecule has 2 rings (SSSR count). The highest BCUT2D eigenvalue weighted by Crippen LogP contribution is 2.37. The van der Waals surface area contributed by atoms with Gasteiger partial charge in [-0.25, -0.2) is 5.43 Å². The Balaban J connectivity index is 2.02. The molecule has 142 valence electrons. The van der Waals surface area contributed by atoms with Crippen LogP contribution in [0, 0.1) is 0 Å². The van der Waals surface area contributed by atoms with Crippen LogP contribution in [0.1, 0.15) is 5.56 Å². The third kappa shape index (κ3) is 5.35. The van der Waals surface area contributed by atoms with Crippen molar-refractivity contribution in [3.63, 3.8) is 0 Å². The number of hydrogen-bond acceptors (Lipinski definition) is 6. The van der Waals surface area contributed by atoms with E-state index in [4.69, 9.17) is 25.8 Å². The van der Waals surface area contributed by atoms with Crippen LogP contribution in [0.15, 0.2) is 41.5 Å². The van der Waals surface area contributed by atoms with Crippen molar-refractivity contribution in [2.24, 2.45) is 5.10 Å². The highest BCUT2D eigenvalue weighted by molar-refractivity contribution is 6.39. The Bertz CT molecular complexity index is 828. The van der Waals surface area contributed by atoms with Crippen molar-refractivity contribution < 1.29 is 23.8 Å². The van der Waals surface area contributed by atoms with Gasteiger partial charge >= 0.3 is 11.8 Å². The summed E-state index contributed by atoms with van der Waals surface area (Å²) in [6.07, 6.45) is 1.35. The number of hydrazone groups is 1. The van der Waals surface area contributed by atoms with E-state index in [9.17, 15) is 9.59 Å². The molecule has 0 aromatic heterocycles. The van der Waals surface area contributed by atoms with Crippen LogP contribution in [0.4, 0.5) is 5.69 Å². The van der Waals surface area contributed by atoms with Crippen LogP contribution in [0.5, 0.6) is 17.2 Å². The second-order valence-electron chi connectivity index (χ2n) is 5.12. The van der Waals surface area contributed by atoms with Crippen LogP contribution < -0.4 is 25.0 Å². The molecule has 0 aliphatic carbocycles. The molecule has 2 aromatic rings. The first-order chi connectivity index (χ1) is 13.0. The third-order valence-electron chi connectivity index (χ3n) is 3.38. The zero-order valence-corrected chi connectivity index (χ0v) is 15.7. The van der Waals surface area contributed by atoms with E-state index in [-0.39, 0.29) is 0 Å². The van der Waals surface area contributed by atoms with E-state index in [1.807, 2.05) is 0 Å².